The van der Waals surface area contributed by atoms with Gasteiger partial charge in [-0.2, -0.15) is 13.2 Å². The minimum Gasteiger partial charge on any atom is -0.383 e. The van der Waals surface area contributed by atoms with Crippen molar-refractivity contribution in [3.63, 3.8) is 0 Å². The first-order chi connectivity index (χ1) is 9.93. The number of alkyl halides is 3. The van der Waals surface area contributed by atoms with E-state index in [2.05, 4.69) is 26.2 Å². The summed E-state index contributed by atoms with van der Waals surface area (Å²) in [7, 11) is 1.57. The predicted molar refractivity (Wildman–Crippen MR) is 76.6 cm³/mol. The van der Waals surface area contributed by atoms with E-state index < -0.39 is 11.7 Å². The number of halogens is 4. The molecule has 0 aliphatic carbocycles. The molecule has 8 heteroatoms. The summed E-state index contributed by atoms with van der Waals surface area (Å²) in [6.45, 7) is 0.973. The van der Waals surface area contributed by atoms with E-state index in [-0.39, 0.29) is 0 Å². The maximum absolute atomic E-state index is 12.8. The Morgan fingerprint density at radius 1 is 1.38 bits per heavy atom. The summed E-state index contributed by atoms with van der Waals surface area (Å²) >= 11 is 3.27. The lowest BCUT2D eigenvalue weighted by molar-refractivity contribution is -0.137. The van der Waals surface area contributed by atoms with Crippen molar-refractivity contribution < 1.29 is 17.9 Å². The van der Waals surface area contributed by atoms with Crippen LogP contribution in [0.4, 0.5) is 19.1 Å². The number of nitrogens with one attached hydrogen (secondary N) is 1. The molecule has 2 rings (SSSR count). The normalized spacial score (nSPS) is 11.7. The molecule has 0 aliphatic heterocycles. The Morgan fingerprint density at radius 3 is 2.81 bits per heavy atom. The van der Waals surface area contributed by atoms with E-state index >= 15 is 0 Å². The van der Waals surface area contributed by atoms with Crippen LogP contribution in [0.1, 0.15) is 5.56 Å². The third-order valence-electron chi connectivity index (χ3n) is 2.76. The molecule has 1 heterocycles. The van der Waals surface area contributed by atoms with Crippen LogP contribution in [0.5, 0.6) is 0 Å². The van der Waals surface area contributed by atoms with Gasteiger partial charge in [-0.1, -0.05) is 0 Å². The van der Waals surface area contributed by atoms with Crippen molar-refractivity contribution in [3.05, 3.63) is 40.6 Å². The third-order valence-corrected chi connectivity index (χ3v) is 3.43. The number of benzene rings is 1. The maximum Gasteiger partial charge on any atom is 0.416 e. The summed E-state index contributed by atoms with van der Waals surface area (Å²) in [5, 5.41) is 3.00. The van der Waals surface area contributed by atoms with Gasteiger partial charge in [-0.3, -0.25) is 4.57 Å². The van der Waals surface area contributed by atoms with Gasteiger partial charge in [-0.25, -0.2) is 4.98 Å². The topological polar surface area (TPSA) is 39.1 Å². The van der Waals surface area contributed by atoms with Gasteiger partial charge in [-0.05, 0) is 34.1 Å². The van der Waals surface area contributed by atoms with Gasteiger partial charge < -0.3 is 10.1 Å². The Balaban J connectivity index is 2.36. The highest BCUT2D eigenvalue weighted by molar-refractivity contribution is 9.10. The first-order valence-corrected chi connectivity index (χ1v) is 6.86. The number of aromatic nitrogens is 2. The molecule has 21 heavy (non-hydrogen) atoms. The Morgan fingerprint density at radius 2 is 2.14 bits per heavy atom. The van der Waals surface area contributed by atoms with Crippen LogP contribution in [-0.2, 0) is 10.9 Å². The fraction of sp³-hybridized carbons (Fsp3) is 0.308. The van der Waals surface area contributed by atoms with Crippen molar-refractivity contribution in [2.75, 3.05) is 25.6 Å². The zero-order valence-electron chi connectivity index (χ0n) is 11.1. The molecule has 0 fully saturated rings. The van der Waals surface area contributed by atoms with E-state index in [0.29, 0.717) is 29.3 Å². The quantitative estimate of drug-likeness (QED) is 0.823. The lowest BCUT2D eigenvalue weighted by Crippen LogP contribution is -2.12. The molecule has 4 nitrogen and oxygen atoms in total. The Kier molecular flexibility index (Phi) is 4.89. The molecule has 0 aliphatic rings. The molecule has 1 aromatic carbocycles. The van der Waals surface area contributed by atoms with Crippen molar-refractivity contribution in [3.8, 4) is 5.69 Å². The molecule has 0 spiro atoms. The van der Waals surface area contributed by atoms with E-state index in [4.69, 9.17) is 4.74 Å². The molecule has 0 radical (unpaired) electrons. The van der Waals surface area contributed by atoms with Crippen LogP contribution in [0.2, 0.25) is 0 Å². The minimum atomic E-state index is -4.39. The monoisotopic (exact) mass is 363 g/mol. The Bertz CT molecular complexity index is 613. The van der Waals surface area contributed by atoms with Crippen LogP contribution < -0.4 is 5.32 Å². The van der Waals surface area contributed by atoms with Crippen molar-refractivity contribution in [1.29, 1.82) is 0 Å². The highest BCUT2D eigenvalue weighted by atomic mass is 79.9. The lowest BCUT2D eigenvalue weighted by Gasteiger charge is -2.14. The van der Waals surface area contributed by atoms with Crippen LogP contribution in [0.3, 0.4) is 0 Å². The molecule has 0 atom stereocenters. The average molecular weight is 364 g/mol. The van der Waals surface area contributed by atoms with Gasteiger partial charge in [0.25, 0.3) is 0 Å². The molecule has 0 saturated carbocycles. The molecule has 1 aromatic heterocycles. The fourth-order valence-electron chi connectivity index (χ4n) is 1.77. The minimum absolute atomic E-state index is 0.363. The van der Waals surface area contributed by atoms with Crippen molar-refractivity contribution in [2.45, 2.75) is 6.18 Å². The van der Waals surface area contributed by atoms with E-state index in [9.17, 15) is 13.2 Å². The molecule has 0 amide bonds. The second-order valence-electron chi connectivity index (χ2n) is 4.20. The highest BCUT2D eigenvalue weighted by Gasteiger charge is 2.31. The van der Waals surface area contributed by atoms with E-state index in [1.54, 1.807) is 17.9 Å². The number of rotatable bonds is 5. The zero-order valence-corrected chi connectivity index (χ0v) is 12.7. The SMILES string of the molecule is COCCNc1nccn1-c1cc(C(F)(F)F)ccc1Br. The summed E-state index contributed by atoms with van der Waals surface area (Å²) in [4.78, 5) is 4.09. The molecular weight excluding hydrogens is 351 g/mol. The Hall–Kier alpha value is -1.54. The molecule has 0 unspecified atom stereocenters. The molecule has 0 bridgehead atoms. The number of imidazole rings is 1. The Labute approximate surface area is 128 Å². The fourth-order valence-corrected chi connectivity index (χ4v) is 2.20. The standard InChI is InChI=1S/C13H13BrF3N3O/c1-21-7-5-19-12-18-4-6-20(12)11-8-9(13(15,16)17)2-3-10(11)14/h2-4,6,8H,5,7H2,1H3,(H,18,19). The molecule has 0 saturated heterocycles. The summed E-state index contributed by atoms with van der Waals surface area (Å²) < 4.78 is 45.5. The maximum atomic E-state index is 12.8. The van der Waals surface area contributed by atoms with Crippen molar-refractivity contribution in [2.24, 2.45) is 0 Å². The smallest absolute Gasteiger partial charge is 0.383 e. The highest BCUT2D eigenvalue weighted by Crippen LogP contribution is 2.33. The first kappa shape index (κ1) is 15.8. The van der Waals surface area contributed by atoms with Gasteiger partial charge in [0, 0.05) is 30.5 Å². The number of ether oxygens (including phenoxy) is 1. The van der Waals surface area contributed by atoms with Gasteiger partial charge in [0.15, 0.2) is 0 Å². The lowest BCUT2D eigenvalue weighted by atomic mass is 10.2. The van der Waals surface area contributed by atoms with Crippen LogP contribution in [0, 0.1) is 0 Å². The molecule has 114 valence electrons. The van der Waals surface area contributed by atoms with Crippen LogP contribution >= 0.6 is 15.9 Å². The van der Waals surface area contributed by atoms with Crippen LogP contribution in [0.25, 0.3) is 5.69 Å². The zero-order chi connectivity index (χ0) is 15.5. The largest absolute Gasteiger partial charge is 0.416 e. The van der Waals surface area contributed by atoms with Gasteiger partial charge >= 0.3 is 6.18 Å². The number of hydrogen-bond donors (Lipinski definition) is 1. The third kappa shape index (κ3) is 3.76. The number of methoxy groups -OCH3 is 1. The molecule has 2 aromatic rings. The number of anilines is 1. The second kappa shape index (κ2) is 6.48. The van der Waals surface area contributed by atoms with Gasteiger partial charge in [-0.15, -0.1) is 0 Å². The summed E-state index contributed by atoms with van der Waals surface area (Å²) in [6, 6.07) is 3.48. The van der Waals surface area contributed by atoms with Crippen LogP contribution in [-0.4, -0.2) is 29.8 Å². The average Bonchev–Trinajstić information content (AvgIpc) is 2.86. The van der Waals surface area contributed by atoms with E-state index in [0.717, 1.165) is 12.1 Å². The van der Waals surface area contributed by atoms with Gasteiger partial charge in [0.2, 0.25) is 5.95 Å². The summed E-state index contributed by atoms with van der Waals surface area (Å²) in [5.74, 6) is 0.451. The first-order valence-electron chi connectivity index (χ1n) is 6.06. The molecular formula is C13H13BrF3N3O. The second-order valence-corrected chi connectivity index (χ2v) is 5.06. The number of hydrogen-bond acceptors (Lipinski definition) is 3. The van der Waals surface area contributed by atoms with Gasteiger partial charge in [0.1, 0.15) is 0 Å². The summed E-state index contributed by atoms with van der Waals surface area (Å²) in [6.07, 6.45) is -1.28. The molecule has 1 N–H and O–H groups in total. The summed E-state index contributed by atoms with van der Waals surface area (Å²) in [5.41, 5.74) is -0.348. The number of nitrogens with zero attached hydrogens (tertiary/aromatic N) is 2. The van der Waals surface area contributed by atoms with E-state index in [1.165, 1.54) is 12.3 Å². The van der Waals surface area contributed by atoms with Gasteiger partial charge in [0.05, 0.1) is 17.9 Å². The van der Waals surface area contributed by atoms with Crippen molar-refractivity contribution in [1.82, 2.24) is 9.55 Å². The van der Waals surface area contributed by atoms with Crippen LogP contribution in [0.15, 0.2) is 35.1 Å². The van der Waals surface area contributed by atoms with Crippen molar-refractivity contribution >= 4 is 21.9 Å². The van der Waals surface area contributed by atoms with E-state index in [1.807, 2.05) is 0 Å². The predicted octanol–water partition coefficient (Wildman–Crippen LogP) is 3.71.